The van der Waals surface area contributed by atoms with Gasteiger partial charge in [-0.2, -0.15) is 18.2 Å². The summed E-state index contributed by atoms with van der Waals surface area (Å²) in [5.41, 5.74) is 3.78. The molecule has 35 heavy (non-hydrogen) atoms. The quantitative estimate of drug-likeness (QED) is 0.423. The predicted octanol–water partition coefficient (Wildman–Crippen LogP) is 5.25. The van der Waals surface area contributed by atoms with Crippen molar-refractivity contribution in [3.05, 3.63) is 72.3 Å². The Hall–Kier alpha value is -4.15. The van der Waals surface area contributed by atoms with Crippen molar-refractivity contribution in [3.8, 4) is 0 Å². The first-order valence-electron chi connectivity index (χ1n) is 11.2. The number of imidazole rings is 1. The van der Waals surface area contributed by atoms with E-state index in [1.807, 2.05) is 34.7 Å². The molecule has 1 aliphatic carbocycles. The standard InChI is InChI=1S/C24H20F3N7O/c25-24(26,27)14-30-22-29-11-17-12-33(19-7-8-20-28-9-10-32(20)13-19)23(35)34(21(17)31-22)18-5-3-16(4-6-18)15-1-2-15/h3-11,13,15H,1-2,12,14H2,(H,29,30,31). The van der Waals surface area contributed by atoms with E-state index in [0.717, 1.165) is 18.5 Å². The normalized spacial score (nSPS) is 16.0. The molecule has 1 N–H and O–H groups in total. The molecule has 1 saturated carbocycles. The van der Waals surface area contributed by atoms with Crippen LogP contribution in [0.3, 0.4) is 0 Å². The molecule has 3 aromatic heterocycles. The molecule has 0 saturated heterocycles. The Morgan fingerprint density at radius 2 is 1.80 bits per heavy atom. The number of nitrogens with one attached hydrogen (secondary N) is 1. The number of halogens is 3. The highest BCUT2D eigenvalue weighted by Gasteiger charge is 2.35. The summed E-state index contributed by atoms with van der Waals surface area (Å²) in [6, 6.07) is 10.9. The largest absolute Gasteiger partial charge is 0.405 e. The average Bonchev–Trinajstić information content (AvgIpc) is 3.59. The molecule has 1 fully saturated rings. The van der Waals surface area contributed by atoms with Crippen molar-refractivity contribution in [1.29, 1.82) is 0 Å². The first-order chi connectivity index (χ1) is 16.9. The molecule has 4 aromatic rings. The van der Waals surface area contributed by atoms with Gasteiger partial charge in [0, 0.05) is 30.4 Å². The Balaban J connectivity index is 1.41. The first-order valence-corrected chi connectivity index (χ1v) is 11.2. The topological polar surface area (TPSA) is 78.7 Å². The third-order valence-corrected chi connectivity index (χ3v) is 6.14. The highest BCUT2D eigenvalue weighted by Crippen LogP contribution is 2.42. The lowest BCUT2D eigenvalue weighted by Gasteiger charge is -2.36. The SMILES string of the molecule is O=C1N(c2ccc3nccn3c2)Cc2cnc(NCC(F)(F)F)nc2N1c1ccc(C2CC2)cc1. The van der Waals surface area contributed by atoms with Gasteiger partial charge in [0.1, 0.15) is 12.2 Å². The number of urea groups is 1. The smallest absolute Gasteiger partial charge is 0.345 e. The summed E-state index contributed by atoms with van der Waals surface area (Å²) in [5.74, 6) is 0.614. The van der Waals surface area contributed by atoms with Crippen LogP contribution in [0.25, 0.3) is 5.65 Å². The van der Waals surface area contributed by atoms with Gasteiger partial charge in [-0.1, -0.05) is 12.1 Å². The van der Waals surface area contributed by atoms with Crippen LogP contribution in [0.2, 0.25) is 0 Å². The van der Waals surface area contributed by atoms with Crippen molar-refractivity contribution in [2.45, 2.75) is 31.5 Å². The number of hydrogen-bond donors (Lipinski definition) is 1. The number of rotatable bonds is 5. The van der Waals surface area contributed by atoms with Crippen molar-refractivity contribution in [2.24, 2.45) is 0 Å². The number of aromatic nitrogens is 4. The number of nitrogens with zero attached hydrogens (tertiary/aromatic N) is 6. The summed E-state index contributed by atoms with van der Waals surface area (Å²) >= 11 is 0. The first kappa shape index (κ1) is 21.4. The van der Waals surface area contributed by atoms with Gasteiger partial charge in [0.15, 0.2) is 5.82 Å². The van der Waals surface area contributed by atoms with Crippen LogP contribution in [-0.2, 0) is 6.54 Å². The number of fused-ring (bicyclic) bond motifs is 2. The molecule has 178 valence electrons. The fourth-order valence-corrected chi connectivity index (χ4v) is 4.23. The van der Waals surface area contributed by atoms with Gasteiger partial charge in [0.2, 0.25) is 5.95 Å². The monoisotopic (exact) mass is 479 g/mol. The molecular formula is C24H20F3N7O. The van der Waals surface area contributed by atoms with Gasteiger partial charge >= 0.3 is 12.2 Å². The third kappa shape index (κ3) is 4.13. The highest BCUT2D eigenvalue weighted by atomic mass is 19.4. The van der Waals surface area contributed by atoms with E-state index < -0.39 is 12.7 Å². The number of anilines is 4. The minimum atomic E-state index is -4.42. The van der Waals surface area contributed by atoms with E-state index >= 15 is 0 Å². The van der Waals surface area contributed by atoms with Crippen LogP contribution in [0.1, 0.15) is 29.9 Å². The van der Waals surface area contributed by atoms with E-state index in [1.54, 1.807) is 29.6 Å². The fourth-order valence-electron chi connectivity index (χ4n) is 4.23. The molecule has 0 atom stereocenters. The maximum absolute atomic E-state index is 13.8. The van der Waals surface area contributed by atoms with Gasteiger partial charge in [-0.25, -0.2) is 19.7 Å². The maximum Gasteiger partial charge on any atom is 0.405 e. The van der Waals surface area contributed by atoms with Crippen LogP contribution < -0.4 is 15.1 Å². The van der Waals surface area contributed by atoms with Gasteiger partial charge in [0.25, 0.3) is 0 Å². The Morgan fingerprint density at radius 1 is 1.03 bits per heavy atom. The van der Waals surface area contributed by atoms with Crippen LogP contribution >= 0.6 is 0 Å². The molecule has 11 heteroatoms. The van der Waals surface area contributed by atoms with E-state index in [4.69, 9.17) is 0 Å². The summed E-state index contributed by atoms with van der Waals surface area (Å²) in [6.45, 7) is -1.10. The molecule has 4 heterocycles. The fraction of sp³-hybridized carbons (Fsp3) is 0.250. The van der Waals surface area contributed by atoms with E-state index in [0.29, 0.717) is 22.9 Å². The lowest BCUT2D eigenvalue weighted by atomic mass is 10.1. The second-order valence-corrected chi connectivity index (χ2v) is 8.66. The highest BCUT2D eigenvalue weighted by molar-refractivity contribution is 6.10. The number of benzene rings is 1. The number of alkyl halides is 3. The Bertz CT molecular complexity index is 1410. The van der Waals surface area contributed by atoms with Crippen LogP contribution in [0.4, 0.5) is 41.1 Å². The molecule has 0 spiro atoms. The molecule has 6 rings (SSSR count). The number of carbonyl (C=O) groups excluding carboxylic acids is 1. The van der Waals surface area contributed by atoms with Crippen LogP contribution in [0.15, 0.2) is 61.2 Å². The summed E-state index contributed by atoms with van der Waals surface area (Å²) in [6.07, 6.45) is 4.60. The predicted molar refractivity (Wildman–Crippen MR) is 124 cm³/mol. The molecule has 8 nitrogen and oxygen atoms in total. The van der Waals surface area contributed by atoms with Gasteiger partial charge in [-0.05, 0) is 48.6 Å². The second kappa shape index (κ2) is 7.97. The van der Waals surface area contributed by atoms with E-state index in [-0.39, 0.29) is 24.3 Å². The minimum absolute atomic E-state index is 0.171. The Kier molecular flexibility index (Phi) is 4.87. The zero-order valence-electron chi connectivity index (χ0n) is 18.4. The van der Waals surface area contributed by atoms with Crippen molar-refractivity contribution in [2.75, 3.05) is 21.7 Å². The number of carbonyl (C=O) groups is 1. The molecule has 1 aliphatic heterocycles. The minimum Gasteiger partial charge on any atom is -0.345 e. The molecule has 1 aromatic carbocycles. The zero-order chi connectivity index (χ0) is 24.2. The van der Waals surface area contributed by atoms with Crippen LogP contribution in [0.5, 0.6) is 0 Å². The molecule has 0 bridgehead atoms. The van der Waals surface area contributed by atoms with Crippen LogP contribution in [0, 0.1) is 0 Å². The van der Waals surface area contributed by atoms with Crippen molar-refractivity contribution < 1.29 is 18.0 Å². The second-order valence-electron chi connectivity index (χ2n) is 8.66. The summed E-state index contributed by atoms with van der Waals surface area (Å²) < 4.78 is 40.0. The van der Waals surface area contributed by atoms with E-state index in [9.17, 15) is 18.0 Å². The van der Waals surface area contributed by atoms with Crippen molar-refractivity contribution >= 4 is 34.8 Å². The number of pyridine rings is 1. The van der Waals surface area contributed by atoms with Crippen LogP contribution in [-0.4, -0.2) is 38.1 Å². The van der Waals surface area contributed by atoms with Gasteiger partial charge in [-0.15, -0.1) is 0 Å². The lowest BCUT2D eigenvalue weighted by molar-refractivity contribution is -0.115. The molecule has 2 aliphatic rings. The molecular weight excluding hydrogens is 459 g/mol. The summed E-state index contributed by atoms with van der Waals surface area (Å²) in [5, 5.41) is 2.20. The molecule has 0 radical (unpaired) electrons. The zero-order valence-corrected chi connectivity index (χ0v) is 18.4. The maximum atomic E-state index is 13.8. The van der Waals surface area contributed by atoms with Crippen molar-refractivity contribution in [1.82, 2.24) is 19.4 Å². The Labute approximate surface area is 198 Å². The summed E-state index contributed by atoms with van der Waals surface area (Å²) in [7, 11) is 0. The lowest BCUT2D eigenvalue weighted by Crippen LogP contribution is -2.45. The van der Waals surface area contributed by atoms with Gasteiger partial charge in [0.05, 0.1) is 17.9 Å². The molecule has 0 unspecified atom stereocenters. The number of amides is 2. The van der Waals surface area contributed by atoms with E-state index in [1.165, 1.54) is 16.7 Å². The number of hydrogen-bond acceptors (Lipinski definition) is 5. The Morgan fingerprint density at radius 3 is 2.54 bits per heavy atom. The van der Waals surface area contributed by atoms with Crippen molar-refractivity contribution in [3.63, 3.8) is 0 Å². The molecule has 2 amide bonds. The van der Waals surface area contributed by atoms with Gasteiger partial charge < -0.3 is 9.72 Å². The average molecular weight is 479 g/mol. The summed E-state index contributed by atoms with van der Waals surface area (Å²) in [4.78, 5) is 29.4. The van der Waals surface area contributed by atoms with E-state index in [2.05, 4.69) is 20.3 Å². The third-order valence-electron chi connectivity index (χ3n) is 6.14. The van der Waals surface area contributed by atoms with Gasteiger partial charge in [-0.3, -0.25) is 4.90 Å².